The molecule has 4 nitrogen and oxygen atoms in total. The highest BCUT2D eigenvalue weighted by atomic mass is 16.5. The molecule has 0 unspecified atom stereocenters. The predicted octanol–water partition coefficient (Wildman–Crippen LogP) is 1.17. The van der Waals surface area contributed by atoms with Gasteiger partial charge in [-0.15, -0.1) is 0 Å². The molecule has 3 N–H and O–H groups in total. The van der Waals surface area contributed by atoms with Crippen LogP contribution in [0.1, 0.15) is 17.0 Å². The van der Waals surface area contributed by atoms with Crippen LogP contribution < -0.4 is 5.73 Å². The lowest BCUT2D eigenvalue weighted by atomic mass is 9.96. The lowest BCUT2D eigenvalue weighted by Crippen LogP contribution is -2.20. The van der Waals surface area contributed by atoms with E-state index in [1.54, 1.807) is 0 Å². The molecule has 0 saturated heterocycles. The Bertz CT molecular complexity index is 338. The van der Waals surface area contributed by atoms with Gasteiger partial charge in [0.2, 0.25) is 0 Å². The molecule has 1 aromatic carbocycles. The smallest absolute Gasteiger partial charge is 0.404 e. The Kier molecular flexibility index (Phi) is 4.12. The Morgan fingerprint density at radius 2 is 2.20 bits per heavy atom. The fourth-order valence-electron chi connectivity index (χ4n) is 1.47. The molecule has 0 saturated carbocycles. The number of hydrogen-bond acceptors (Lipinski definition) is 3. The Hall–Kier alpha value is -1.55. The quantitative estimate of drug-likeness (QED) is 0.781. The van der Waals surface area contributed by atoms with Gasteiger partial charge in [0.1, 0.15) is 6.61 Å². The fourth-order valence-corrected chi connectivity index (χ4v) is 1.47. The number of amides is 1. The van der Waals surface area contributed by atoms with Crippen LogP contribution in [0.4, 0.5) is 4.79 Å². The van der Waals surface area contributed by atoms with Crippen molar-refractivity contribution in [2.45, 2.75) is 12.8 Å². The number of ether oxygens (including phenoxy) is 1. The van der Waals surface area contributed by atoms with Crippen molar-refractivity contribution in [1.29, 1.82) is 0 Å². The molecule has 0 fully saturated rings. The number of aryl methyl sites for hydroxylation is 1. The molecule has 0 aliphatic carbocycles. The van der Waals surface area contributed by atoms with Gasteiger partial charge in [-0.25, -0.2) is 4.79 Å². The van der Waals surface area contributed by atoms with Crippen molar-refractivity contribution in [3.05, 3.63) is 35.4 Å². The van der Waals surface area contributed by atoms with E-state index < -0.39 is 6.09 Å². The molecule has 0 heterocycles. The first-order valence-electron chi connectivity index (χ1n) is 4.73. The number of primary amides is 1. The summed E-state index contributed by atoms with van der Waals surface area (Å²) in [5, 5.41) is 9.18. The SMILES string of the molecule is Cc1ccccc1[C@H](CO)COC(N)=O. The van der Waals surface area contributed by atoms with Crippen LogP contribution in [0, 0.1) is 6.92 Å². The average molecular weight is 209 g/mol. The third-order valence-electron chi connectivity index (χ3n) is 2.28. The molecule has 0 aromatic heterocycles. The molecular weight excluding hydrogens is 194 g/mol. The van der Waals surface area contributed by atoms with Crippen LogP contribution in [-0.2, 0) is 4.74 Å². The van der Waals surface area contributed by atoms with Crippen LogP contribution in [0.3, 0.4) is 0 Å². The standard InChI is InChI=1S/C11H15NO3/c1-8-4-2-3-5-10(8)9(6-13)7-15-11(12)14/h2-5,9,13H,6-7H2,1H3,(H2,12,14)/t9-/m1/s1. The van der Waals surface area contributed by atoms with E-state index in [0.717, 1.165) is 11.1 Å². The van der Waals surface area contributed by atoms with Crippen molar-refractivity contribution in [3.63, 3.8) is 0 Å². The zero-order valence-corrected chi connectivity index (χ0v) is 8.64. The molecule has 0 bridgehead atoms. The molecule has 1 aromatic rings. The monoisotopic (exact) mass is 209 g/mol. The first-order chi connectivity index (χ1) is 7.15. The molecule has 0 aliphatic rings. The van der Waals surface area contributed by atoms with Gasteiger partial charge in [0.05, 0.1) is 6.61 Å². The Labute approximate surface area is 88.7 Å². The summed E-state index contributed by atoms with van der Waals surface area (Å²) in [6, 6.07) is 7.65. The predicted molar refractivity (Wildman–Crippen MR) is 56.5 cm³/mol. The van der Waals surface area contributed by atoms with Gasteiger partial charge in [-0.1, -0.05) is 24.3 Å². The van der Waals surface area contributed by atoms with Crippen molar-refractivity contribution in [2.24, 2.45) is 5.73 Å². The summed E-state index contributed by atoms with van der Waals surface area (Å²) < 4.78 is 4.68. The number of carbonyl (C=O) groups is 1. The molecule has 0 aliphatic heterocycles. The van der Waals surface area contributed by atoms with E-state index in [-0.39, 0.29) is 19.1 Å². The minimum Gasteiger partial charge on any atom is -0.449 e. The van der Waals surface area contributed by atoms with E-state index in [1.165, 1.54) is 0 Å². The summed E-state index contributed by atoms with van der Waals surface area (Å²) >= 11 is 0. The van der Waals surface area contributed by atoms with E-state index in [2.05, 4.69) is 4.74 Å². The van der Waals surface area contributed by atoms with E-state index >= 15 is 0 Å². The second-order valence-corrected chi connectivity index (χ2v) is 3.37. The van der Waals surface area contributed by atoms with Gasteiger partial charge in [0.25, 0.3) is 0 Å². The third-order valence-corrected chi connectivity index (χ3v) is 2.28. The zero-order chi connectivity index (χ0) is 11.3. The van der Waals surface area contributed by atoms with Gasteiger partial charge in [0, 0.05) is 5.92 Å². The van der Waals surface area contributed by atoms with Crippen molar-refractivity contribution < 1.29 is 14.6 Å². The third kappa shape index (κ3) is 3.25. The number of rotatable bonds is 4. The Morgan fingerprint density at radius 1 is 1.53 bits per heavy atom. The lowest BCUT2D eigenvalue weighted by molar-refractivity contribution is 0.133. The maximum Gasteiger partial charge on any atom is 0.404 e. The van der Waals surface area contributed by atoms with Gasteiger partial charge in [-0.2, -0.15) is 0 Å². The molecule has 1 rings (SSSR count). The molecular formula is C11H15NO3. The highest BCUT2D eigenvalue weighted by Gasteiger charge is 2.13. The van der Waals surface area contributed by atoms with E-state index in [4.69, 9.17) is 5.73 Å². The van der Waals surface area contributed by atoms with Gasteiger partial charge in [-0.3, -0.25) is 0 Å². The zero-order valence-electron chi connectivity index (χ0n) is 8.64. The molecule has 82 valence electrons. The summed E-state index contributed by atoms with van der Waals surface area (Å²) in [4.78, 5) is 10.5. The average Bonchev–Trinajstić information content (AvgIpc) is 2.21. The van der Waals surface area contributed by atoms with Crippen LogP contribution in [0.2, 0.25) is 0 Å². The number of hydrogen-bond donors (Lipinski definition) is 2. The summed E-state index contributed by atoms with van der Waals surface area (Å²) in [7, 11) is 0. The summed E-state index contributed by atoms with van der Waals surface area (Å²) in [6.07, 6.45) is -0.818. The second-order valence-electron chi connectivity index (χ2n) is 3.37. The fraction of sp³-hybridized carbons (Fsp3) is 0.364. The summed E-state index contributed by atoms with van der Waals surface area (Å²) in [5.41, 5.74) is 6.90. The molecule has 4 heteroatoms. The number of nitrogens with two attached hydrogens (primary N) is 1. The number of carbonyl (C=O) groups excluding carboxylic acids is 1. The molecule has 15 heavy (non-hydrogen) atoms. The summed E-state index contributed by atoms with van der Waals surface area (Å²) in [6.45, 7) is 1.98. The first-order valence-corrected chi connectivity index (χ1v) is 4.73. The van der Waals surface area contributed by atoms with Crippen molar-refractivity contribution in [3.8, 4) is 0 Å². The molecule has 0 radical (unpaired) electrons. The first kappa shape index (κ1) is 11.5. The number of benzene rings is 1. The summed E-state index contributed by atoms with van der Waals surface area (Å²) in [5.74, 6) is -0.210. The van der Waals surface area contributed by atoms with Crippen LogP contribution >= 0.6 is 0 Å². The van der Waals surface area contributed by atoms with Gasteiger partial charge < -0.3 is 15.6 Å². The van der Waals surface area contributed by atoms with Crippen molar-refractivity contribution in [2.75, 3.05) is 13.2 Å². The van der Waals surface area contributed by atoms with Gasteiger partial charge in [0.15, 0.2) is 0 Å². The van der Waals surface area contributed by atoms with Crippen LogP contribution in [-0.4, -0.2) is 24.4 Å². The van der Waals surface area contributed by atoms with E-state index in [0.29, 0.717) is 0 Å². The second kappa shape index (κ2) is 5.36. The largest absolute Gasteiger partial charge is 0.449 e. The van der Waals surface area contributed by atoms with Crippen LogP contribution in [0.5, 0.6) is 0 Å². The normalized spacial score (nSPS) is 12.1. The minimum absolute atomic E-state index is 0.0713. The van der Waals surface area contributed by atoms with Crippen LogP contribution in [0.15, 0.2) is 24.3 Å². The number of aliphatic hydroxyl groups is 1. The lowest BCUT2D eigenvalue weighted by Gasteiger charge is -2.16. The van der Waals surface area contributed by atoms with Gasteiger partial charge in [-0.05, 0) is 18.1 Å². The van der Waals surface area contributed by atoms with Crippen molar-refractivity contribution in [1.82, 2.24) is 0 Å². The topological polar surface area (TPSA) is 72.6 Å². The Morgan fingerprint density at radius 3 is 2.73 bits per heavy atom. The molecule has 1 amide bonds. The van der Waals surface area contributed by atoms with E-state index in [9.17, 15) is 9.90 Å². The maximum atomic E-state index is 10.5. The van der Waals surface area contributed by atoms with Gasteiger partial charge >= 0.3 is 6.09 Å². The highest BCUT2D eigenvalue weighted by Crippen LogP contribution is 2.19. The Balaban J connectivity index is 2.74. The minimum atomic E-state index is -0.818. The number of aliphatic hydroxyl groups excluding tert-OH is 1. The highest BCUT2D eigenvalue weighted by molar-refractivity contribution is 5.64. The van der Waals surface area contributed by atoms with E-state index in [1.807, 2.05) is 31.2 Å². The van der Waals surface area contributed by atoms with Crippen LogP contribution in [0.25, 0.3) is 0 Å². The van der Waals surface area contributed by atoms with Crippen molar-refractivity contribution >= 4 is 6.09 Å². The maximum absolute atomic E-state index is 10.5. The molecule has 1 atom stereocenters. The molecule has 0 spiro atoms.